The summed E-state index contributed by atoms with van der Waals surface area (Å²) in [6.45, 7) is 8.14. The first kappa shape index (κ1) is 13.3. The predicted octanol–water partition coefficient (Wildman–Crippen LogP) is 1.98. The third kappa shape index (κ3) is 2.65. The summed E-state index contributed by atoms with van der Waals surface area (Å²) in [4.78, 5) is 6.95. The van der Waals surface area contributed by atoms with Crippen LogP contribution in [-0.4, -0.2) is 37.3 Å². The van der Waals surface area contributed by atoms with Gasteiger partial charge in [-0.25, -0.2) is 4.98 Å². The molecule has 0 spiro atoms. The molecule has 18 heavy (non-hydrogen) atoms. The number of anilines is 1. The van der Waals surface area contributed by atoms with Gasteiger partial charge in [0.2, 0.25) is 0 Å². The molecule has 4 heteroatoms. The highest BCUT2D eigenvalue weighted by molar-refractivity contribution is 5.49. The van der Waals surface area contributed by atoms with Crippen LogP contribution in [0.4, 0.5) is 5.82 Å². The number of morpholine rings is 1. The lowest BCUT2D eigenvalue weighted by Crippen LogP contribution is -2.48. The van der Waals surface area contributed by atoms with Crippen LogP contribution >= 0.6 is 0 Å². The molecule has 4 nitrogen and oxygen atoms in total. The van der Waals surface area contributed by atoms with Gasteiger partial charge in [0.05, 0.1) is 18.8 Å². The number of nitrogens with one attached hydrogen (secondary N) is 1. The Hall–Kier alpha value is -1.13. The van der Waals surface area contributed by atoms with Crippen LogP contribution in [0.1, 0.15) is 32.4 Å². The molecule has 0 amide bonds. The first-order valence-corrected chi connectivity index (χ1v) is 6.64. The van der Waals surface area contributed by atoms with E-state index in [1.54, 1.807) is 0 Å². The summed E-state index contributed by atoms with van der Waals surface area (Å²) in [5.74, 6) is 1.09. The topological polar surface area (TPSA) is 37.4 Å². The minimum absolute atomic E-state index is 0.265. The Kier molecular flexibility index (Phi) is 4.19. The lowest BCUT2D eigenvalue weighted by atomic mass is 10.1. The molecule has 0 saturated carbocycles. The molecule has 1 aromatic rings. The van der Waals surface area contributed by atoms with E-state index in [1.807, 2.05) is 19.3 Å². The maximum absolute atomic E-state index is 5.68. The van der Waals surface area contributed by atoms with E-state index in [-0.39, 0.29) is 6.10 Å². The van der Waals surface area contributed by atoms with Crippen LogP contribution in [-0.2, 0) is 4.74 Å². The second-order valence-corrected chi connectivity index (χ2v) is 5.07. The van der Waals surface area contributed by atoms with Crippen molar-refractivity contribution in [1.82, 2.24) is 10.3 Å². The summed E-state index contributed by atoms with van der Waals surface area (Å²) in [6.07, 6.45) is 2.13. The maximum atomic E-state index is 5.68. The molecule has 1 aliphatic rings. The summed E-state index contributed by atoms with van der Waals surface area (Å²) < 4.78 is 5.68. The van der Waals surface area contributed by atoms with E-state index in [9.17, 15) is 0 Å². The monoisotopic (exact) mass is 249 g/mol. The zero-order valence-electron chi connectivity index (χ0n) is 11.7. The molecular formula is C14H23N3O. The largest absolute Gasteiger partial charge is 0.375 e. The number of hydrogen-bond donors (Lipinski definition) is 1. The second-order valence-electron chi connectivity index (χ2n) is 5.07. The molecule has 3 atom stereocenters. The molecule has 1 N–H and O–H groups in total. The van der Waals surface area contributed by atoms with Crippen LogP contribution in [0.5, 0.6) is 0 Å². The van der Waals surface area contributed by atoms with Gasteiger partial charge < -0.3 is 15.0 Å². The zero-order chi connectivity index (χ0) is 13.1. The van der Waals surface area contributed by atoms with Crippen molar-refractivity contribution >= 4 is 5.82 Å². The van der Waals surface area contributed by atoms with Crippen LogP contribution in [0.2, 0.25) is 0 Å². The average Bonchev–Trinajstić information content (AvgIpc) is 2.40. The van der Waals surface area contributed by atoms with Crippen molar-refractivity contribution in [3.8, 4) is 0 Å². The Morgan fingerprint density at radius 3 is 3.00 bits per heavy atom. The molecule has 2 rings (SSSR count). The molecule has 1 aromatic heterocycles. The standard InChI is InChI=1S/C14H23N3O/c1-10-9-18-11(2)8-17(10)14-13(12(3)15-4)6-5-7-16-14/h5-7,10-12,15H,8-9H2,1-4H3. The molecule has 3 unspecified atom stereocenters. The van der Waals surface area contributed by atoms with Crippen LogP contribution < -0.4 is 10.2 Å². The van der Waals surface area contributed by atoms with Gasteiger partial charge in [0, 0.05) is 24.3 Å². The highest BCUT2D eigenvalue weighted by Gasteiger charge is 2.26. The van der Waals surface area contributed by atoms with Gasteiger partial charge in [-0.3, -0.25) is 0 Å². The van der Waals surface area contributed by atoms with E-state index in [1.165, 1.54) is 5.56 Å². The van der Waals surface area contributed by atoms with Crippen LogP contribution in [0, 0.1) is 0 Å². The number of hydrogen-bond acceptors (Lipinski definition) is 4. The fourth-order valence-electron chi connectivity index (χ4n) is 2.34. The molecule has 0 aromatic carbocycles. The van der Waals surface area contributed by atoms with Crippen LogP contribution in [0.15, 0.2) is 18.3 Å². The van der Waals surface area contributed by atoms with Gasteiger partial charge in [-0.05, 0) is 33.9 Å². The highest BCUT2D eigenvalue weighted by atomic mass is 16.5. The normalized spacial score (nSPS) is 26.1. The maximum Gasteiger partial charge on any atom is 0.133 e. The number of pyridine rings is 1. The SMILES string of the molecule is CNC(C)c1cccnc1N1CC(C)OCC1C. The van der Waals surface area contributed by atoms with E-state index < -0.39 is 0 Å². The summed E-state index contributed by atoms with van der Waals surface area (Å²) in [5, 5.41) is 3.29. The Morgan fingerprint density at radius 1 is 1.50 bits per heavy atom. The molecule has 100 valence electrons. The minimum Gasteiger partial charge on any atom is -0.375 e. The van der Waals surface area contributed by atoms with Crippen molar-refractivity contribution < 1.29 is 4.74 Å². The Morgan fingerprint density at radius 2 is 2.28 bits per heavy atom. The minimum atomic E-state index is 0.265. The Balaban J connectivity index is 2.31. The van der Waals surface area contributed by atoms with Gasteiger partial charge >= 0.3 is 0 Å². The summed E-state index contributed by atoms with van der Waals surface area (Å²) in [7, 11) is 1.98. The lowest BCUT2D eigenvalue weighted by Gasteiger charge is -2.39. The second kappa shape index (κ2) is 5.67. The molecule has 1 fully saturated rings. The van der Waals surface area contributed by atoms with Gasteiger partial charge in [0.15, 0.2) is 0 Å². The summed E-state index contributed by atoms with van der Waals surface area (Å²) in [6, 6.07) is 4.83. The summed E-state index contributed by atoms with van der Waals surface area (Å²) >= 11 is 0. The van der Waals surface area contributed by atoms with Crippen molar-refractivity contribution in [3.63, 3.8) is 0 Å². The first-order valence-electron chi connectivity index (χ1n) is 6.64. The molecule has 0 bridgehead atoms. The van der Waals surface area contributed by atoms with Crippen LogP contribution in [0.25, 0.3) is 0 Å². The molecule has 2 heterocycles. The number of aromatic nitrogens is 1. The van der Waals surface area contributed by atoms with Gasteiger partial charge in [-0.15, -0.1) is 0 Å². The van der Waals surface area contributed by atoms with Crippen molar-refractivity contribution in [2.45, 2.75) is 39.0 Å². The quantitative estimate of drug-likeness (QED) is 0.889. The number of nitrogens with zero attached hydrogens (tertiary/aromatic N) is 2. The van der Waals surface area contributed by atoms with Crippen molar-refractivity contribution in [2.75, 3.05) is 25.1 Å². The van der Waals surface area contributed by atoms with Gasteiger partial charge in [-0.1, -0.05) is 6.07 Å². The van der Waals surface area contributed by atoms with Gasteiger partial charge in [0.25, 0.3) is 0 Å². The first-order chi connectivity index (χ1) is 8.63. The fraction of sp³-hybridized carbons (Fsp3) is 0.643. The van der Waals surface area contributed by atoms with E-state index in [0.29, 0.717) is 12.1 Å². The number of ether oxygens (including phenoxy) is 1. The Bertz CT molecular complexity index is 396. The molecule has 1 saturated heterocycles. The van der Waals surface area contributed by atoms with E-state index in [2.05, 4.69) is 42.0 Å². The summed E-state index contributed by atoms with van der Waals surface area (Å²) in [5.41, 5.74) is 1.25. The highest BCUT2D eigenvalue weighted by Crippen LogP contribution is 2.27. The van der Waals surface area contributed by atoms with Crippen molar-refractivity contribution in [1.29, 1.82) is 0 Å². The zero-order valence-corrected chi connectivity index (χ0v) is 11.7. The molecule has 0 radical (unpaired) electrons. The van der Waals surface area contributed by atoms with Crippen LogP contribution in [0.3, 0.4) is 0 Å². The van der Waals surface area contributed by atoms with E-state index in [4.69, 9.17) is 4.74 Å². The van der Waals surface area contributed by atoms with E-state index >= 15 is 0 Å². The fourth-order valence-corrected chi connectivity index (χ4v) is 2.34. The molecule has 1 aliphatic heterocycles. The average molecular weight is 249 g/mol. The van der Waals surface area contributed by atoms with Crippen molar-refractivity contribution in [2.24, 2.45) is 0 Å². The third-order valence-corrected chi connectivity index (χ3v) is 3.60. The lowest BCUT2D eigenvalue weighted by molar-refractivity contribution is 0.0339. The van der Waals surface area contributed by atoms with E-state index in [0.717, 1.165) is 19.0 Å². The molecular weight excluding hydrogens is 226 g/mol. The van der Waals surface area contributed by atoms with Crippen molar-refractivity contribution in [3.05, 3.63) is 23.9 Å². The predicted molar refractivity (Wildman–Crippen MR) is 73.9 cm³/mol. The smallest absolute Gasteiger partial charge is 0.133 e. The Labute approximate surface area is 109 Å². The third-order valence-electron chi connectivity index (χ3n) is 3.60. The number of rotatable bonds is 3. The van der Waals surface area contributed by atoms with Gasteiger partial charge in [-0.2, -0.15) is 0 Å². The van der Waals surface area contributed by atoms with Gasteiger partial charge in [0.1, 0.15) is 5.82 Å². The molecule has 0 aliphatic carbocycles.